The molecule has 1 aromatic rings. The first-order valence-corrected chi connectivity index (χ1v) is 7.83. The SMILES string of the molecule is N=C(N)c1ccc(OC2CCS(=O)(=O)C2)c(C(F)(F)F)c1. The fourth-order valence-electron chi connectivity index (χ4n) is 2.06. The summed E-state index contributed by atoms with van der Waals surface area (Å²) in [6, 6.07) is 3.02. The molecule has 2 rings (SSSR count). The van der Waals surface area contributed by atoms with Crippen molar-refractivity contribution in [3.8, 4) is 5.75 Å². The molecular weight excluding hydrogens is 309 g/mol. The van der Waals surface area contributed by atoms with Gasteiger partial charge in [-0.05, 0) is 24.6 Å². The highest BCUT2D eigenvalue weighted by atomic mass is 32.2. The predicted octanol–water partition coefficient (Wildman–Crippen LogP) is 1.56. The van der Waals surface area contributed by atoms with Crippen molar-refractivity contribution in [2.24, 2.45) is 5.73 Å². The largest absolute Gasteiger partial charge is 0.489 e. The number of alkyl halides is 3. The summed E-state index contributed by atoms with van der Waals surface area (Å²) in [6.45, 7) is 0. The normalized spacial score (nSPS) is 21.2. The standard InChI is InChI=1S/C12H13F3N2O3S/c13-12(14,15)9-5-7(11(16)17)1-2-10(9)20-8-3-4-21(18,19)6-8/h1-2,5,8H,3-4,6H2,(H3,16,17). The second kappa shape index (κ2) is 5.21. The lowest BCUT2D eigenvalue weighted by Gasteiger charge is -2.18. The summed E-state index contributed by atoms with van der Waals surface area (Å²) in [5, 5.41) is 7.17. The number of hydrogen-bond donors (Lipinski definition) is 2. The topological polar surface area (TPSA) is 93.2 Å². The molecular formula is C12H13F3N2O3S. The molecule has 1 aliphatic rings. The van der Waals surface area contributed by atoms with Crippen molar-refractivity contribution in [1.82, 2.24) is 0 Å². The van der Waals surface area contributed by atoms with Gasteiger partial charge in [0.2, 0.25) is 0 Å². The molecule has 0 saturated carbocycles. The highest BCUT2D eigenvalue weighted by Gasteiger charge is 2.37. The van der Waals surface area contributed by atoms with Gasteiger partial charge in [0.1, 0.15) is 17.7 Å². The van der Waals surface area contributed by atoms with Gasteiger partial charge in [0, 0.05) is 5.56 Å². The molecule has 0 aromatic heterocycles. The molecule has 0 aliphatic carbocycles. The third kappa shape index (κ3) is 3.66. The Morgan fingerprint density at radius 1 is 1.38 bits per heavy atom. The molecule has 1 aromatic carbocycles. The maximum absolute atomic E-state index is 13.0. The Balaban J connectivity index is 2.33. The van der Waals surface area contributed by atoms with E-state index in [0.717, 1.165) is 12.1 Å². The van der Waals surface area contributed by atoms with E-state index in [-0.39, 0.29) is 23.5 Å². The van der Waals surface area contributed by atoms with Gasteiger partial charge in [-0.25, -0.2) is 8.42 Å². The van der Waals surface area contributed by atoms with Gasteiger partial charge in [0.05, 0.1) is 17.1 Å². The first-order chi connectivity index (χ1) is 9.58. The molecule has 0 amide bonds. The van der Waals surface area contributed by atoms with Crippen molar-refractivity contribution in [3.05, 3.63) is 29.3 Å². The molecule has 1 unspecified atom stereocenters. The van der Waals surface area contributed by atoms with Crippen LogP contribution in [-0.4, -0.2) is 31.9 Å². The number of rotatable bonds is 3. The van der Waals surface area contributed by atoms with Crippen LogP contribution < -0.4 is 10.5 Å². The summed E-state index contributed by atoms with van der Waals surface area (Å²) in [5.41, 5.74) is 4.03. The van der Waals surface area contributed by atoms with Crippen molar-refractivity contribution in [1.29, 1.82) is 5.41 Å². The zero-order valence-electron chi connectivity index (χ0n) is 10.8. The zero-order chi connectivity index (χ0) is 15.8. The van der Waals surface area contributed by atoms with Crippen molar-refractivity contribution in [2.75, 3.05) is 11.5 Å². The highest BCUT2D eigenvalue weighted by molar-refractivity contribution is 7.91. The van der Waals surface area contributed by atoms with E-state index >= 15 is 0 Å². The van der Waals surface area contributed by atoms with Gasteiger partial charge in [-0.3, -0.25) is 5.41 Å². The Morgan fingerprint density at radius 2 is 2.05 bits per heavy atom. The Bertz CT molecular complexity index is 671. The minimum Gasteiger partial charge on any atom is -0.489 e. The fourth-order valence-corrected chi connectivity index (χ4v) is 3.65. The molecule has 9 heteroatoms. The smallest absolute Gasteiger partial charge is 0.419 e. The molecule has 0 radical (unpaired) electrons. The van der Waals surface area contributed by atoms with Gasteiger partial charge in [-0.2, -0.15) is 13.2 Å². The molecule has 3 N–H and O–H groups in total. The van der Waals surface area contributed by atoms with Crippen molar-refractivity contribution < 1.29 is 26.3 Å². The van der Waals surface area contributed by atoms with Crippen molar-refractivity contribution in [2.45, 2.75) is 18.7 Å². The average Bonchev–Trinajstić information content (AvgIpc) is 2.67. The number of hydrogen-bond acceptors (Lipinski definition) is 4. The van der Waals surface area contributed by atoms with Crippen LogP contribution in [0.5, 0.6) is 5.75 Å². The second-order valence-corrected chi connectivity index (χ2v) is 6.99. The molecule has 0 bridgehead atoms. The van der Waals surface area contributed by atoms with Gasteiger partial charge in [-0.15, -0.1) is 0 Å². The quantitative estimate of drug-likeness (QED) is 0.652. The third-order valence-electron chi connectivity index (χ3n) is 3.08. The summed E-state index contributed by atoms with van der Waals surface area (Å²) in [6.07, 6.45) is -5.31. The van der Waals surface area contributed by atoms with E-state index in [2.05, 4.69) is 0 Å². The molecule has 21 heavy (non-hydrogen) atoms. The van der Waals surface area contributed by atoms with Crippen molar-refractivity contribution >= 4 is 15.7 Å². The van der Waals surface area contributed by atoms with Crippen LogP contribution in [0.1, 0.15) is 17.5 Å². The predicted molar refractivity (Wildman–Crippen MR) is 70.1 cm³/mol. The number of sulfone groups is 1. The van der Waals surface area contributed by atoms with Crippen LogP contribution >= 0.6 is 0 Å². The molecule has 1 saturated heterocycles. The number of amidine groups is 1. The Hall–Kier alpha value is -1.77. The van der Waals surface area contributed by atoms with Crippen LogP contribution in [0.15, 0.2) is 18.2 Å². The van der Waals surface area contributed by atoms with Gasteiger partial charge in [-0.1, -0.05) is 0 Å². The van der Waals surface area contributed by atoms with E-state index in [1.165, 1.54) is 6.07 Å². The minimum atomic E-state index is -4.68. The lowest BCUT2D eigenvalue weighted by Crippen LogP contribution is -2.21. The lowest BCUT2D eigenvalue weighted by molar-refractivity contribution is -0.139. The summed E-state index contributed by atoms with van der Waals surface area (Å²) in [7, 11) is -3.25. The number of halogens is 3. The van der Waals surface area contributed by atoms with Crippen LogP contribution in [0, 0.1) is 5.41 Å². The first kappa shape index (κ1) is 15.6. The second-order valence-electron chi connectivity index (χ2n) is 4.77. The number of ether oxygens (including phenoxy) is 1. The maximum atomic E-state index is 13.0. The molecule has 1 aliphatic heterocycles. The van der Waals surface area contributed by atoms with Gasteiger partial charge in [0.15, 0.2) is 9.84 Å². The van der Waals surface area contributed by atoms with Crippen molar-refractivity contribution in [3.63, 3.8) is 0 Å². The van der Waals surface area contributed by atoms with Crippen LogP contribution in [0.3, 0.4) is 0 Å². The fraction of sp³-hybridized carbons (Fsp3) is 0.417. The maximum Gasteiger partial charge on any atom is 0.419 e. The van der Waals surface area contributed by atoms with E-state index < -0.39 is 39.3 Å². The van der Waals surface area contributed by atoms with E-state index in [0.29, 0.717) is 0 Å². The minimum absolute atomic E-state index is 0.0753. The number of nitrogen functional groups attached to an aromatic ring is 1. The Labute approximate surface area is 119 Å². The lowest BCUT2D eigenvalue weighted by atomic mass is 10.1. The van der Waals surface area contributed by atoms with E-state index in [9.17, 15) is 21.6 Å². The molecule has 116 valence electrons. The molecule has 1 fully saturated rings. The molecule has 1 atom stereocenters. The number of benzene rings is 1. The first-order valence-electron chi connectivity index (χ1n) is 6.01. The number of nitrogens with one attached hydrogen (secondary N) is 1. The third-order valence-corrected chi connectivity index (χ3v) is 4.82. The summed E-state index contributed by atoms with van der Waals surface area (Å²) < 4.78 is 66.8. The van der Waals surface area contributed by atoms with Gasteiger partial charge < -0.3 is 10.5 Å². The summed E-state index contributed by atoms with van der Waals surface area (Å²) in [4.78, 5) is 0. The molecule has 5 nitrogen and oxygen atoms in total. The van der Waals surface area contributed by atoms with Crippen LogP contribution in [0.4, 0.5) is 13.2 Å². The van der Waals surface area contributed by atoms with E-state index in [1.54, 1.807) is 0 Å². The van der Waals surface area contributed by atoms with Crippen LogP contribution in [0.2, 0.25) is 0 Å². The average molecular weight is 322 g/mol. The molecule has 1 heterocycles. The Kier molecular flexibility index (Phi) is 3.87. The summed E-state index contributed by atoms with van der Waals surface area (Å²) >= 11 is 0. The zero-order valence-corrected chi connectivity index (χ0v) is 11.6. The summed E-state index contributed by atoms with van der Waals surface area (Å²) in [5.74, 6) is -1.33. The highest BCUT2D eigenvalue weighted by Crippen LogP contribution is 2.37. The van der Waals surface area contributed by atoms with Gasteiger partial charge >= 0.3 is 6.18 Å². The van der Waals surface area contributed by atoms with E-state index in [1.807, 2.05) is 0 Å². The van der Waals surface area contributed by atoms with Crippen LogP contribution in [0.25, 0.3) is 0 Å². The van der Waals surface area contributed by atoms with E-state index in [4.69, 9.17) is 15.9 Å². The molecule has 0 spiro atoms. The van der Waals surface area contributed by atoms with Crippen LogP contribution in [-0.2, 0) is 16.0 Å². The van der Waals surface area contributed by atoms with Gasteiger partial charge in [0.25, 0.3) is 0 Å². The monoisotopic (exact) mass is 322 g/mol. The number of nitrogens with two attached hydrogens (primary N) is 1. The Morgan fingerprint density at radius 3 is 2.52 bits per heavy atom.